The summed E-state index contributed by atoms with van der Waals surface area (Å²) in [5.74, 6) is -0.758. The van der Waals surface area contributed by atoms with Gasteiger partial charge in [0.15, 0.2) is 0 Å². The molecule has 0 aliphatic heterocycles. The number of rotatable bonds is 5. The lowest BCUT2D eigenvalue weighted by molar-refractivity contribution is 0.522. The lowest BCUT2D eigenvalue weighted by Crippen LogP contribution is -2.29. The summed E-state index contributed by atoms with van der Waals surface area (Å²) < 4.78 is 40.0. The second-order valence-corrected chi connectivity index (χ2v) is 6.84. The van der Waals surface area contributed by atoms with Gasteiger partial charge in [-0.2, -0.15) is 0 Å². The van der Waals surface area contributed by atoms with Crippen LogP contribution in [0.25, 0.3) is 0 Å². The highest BCUT2D eigenvalue weighted by Gasteiger charge is 2.38. The zero-order chi connectivity index (χ0) is 13.4. The third-order valence-corrected chi connectivity index (χ3v) is 4.75. The first kappa shape index (κ1) is 13.5. The summed E-state index contributed by atoms with van der Waals surface area (Å²) in [7, 11) is -3.77. The lowest BCUT2D eigenvalue weighted by Gasteiger charge is -2.11. The van der Waals surface area contributed by atoms with Crippen molar-refractivity contribution in [3.8, 4) is 0 Å². The first-order chi connectivity index (χ1) is 8.36. The van der Waals surface area contributed by atoms with Crippen LogP contribution < -0.4 is 10.5 Å². The molecule has 0 bridgehead atoms. The highest BCUT2D eigenvalue weighted by Crippen LogP contribution is 2.44. The number of hydrogen-bond acceptors (Lipinski definition) is 3. The van der Waals surface area contributed by atoms with Crippen LogP contribution in [0.2, 0.25) is 0 Å². The van der Waals surface area contributed by atoms with Crippen molar-refractivity contribution in [2.24, 2.45) is 11.1 Å². The first-order valence-corrected chi connectivity index (χ1v) is 7.33. The molecule has 0 unspecified atom stereocenters. The minimum Gasteiger partial charge on any atom is -0.326 e. The van der Waals surface area contributed by atoms with E-state index >= 15 is 0 Å². The van der Waals surface area contributed by atoms with E-state index in [0.29, 0.717) is 12.1 Å². The second kappa shape index (κ2) is 4.60. The molecule has 0 radical (unpaired) electrons. The van der Waals surface area contributed by atoms with Gasteiger partial charge in [0.2, 0.25) is 10.0 Å². The van der Waals surface area contributed by atoms with Gasteiger partial charge in [0, 0.05) is 13.1 Å². The topological polar surface area (TPSA) is 72.2 Å². The van der Waals surface area contributed by atoms with Crippen molar-refractivity contribution in [3.05, 3.63) is 29.6 Å². The van der Waals surface area contributed by atoms with Gasteiger partial charge >= 0.3 is 0 Å². The molecular formula is C12H17FN2O2S. The standard InChI is InChI=1S/C12H17FN2O2S/c1-12(4-5-12)8-15-18(16,17)11-3-2-9(7-14)6-10(11)13/h2-3,6,15H,4-5,7-8,14H2,1H3. The maximum atomic E-state index is 13.7. The third kappa shape index (κ3) is 2.88. The maximum Gasteiger partial charge on any atom is 0.243 e. The van der Waals surface area contributed by atoms with Gasteiger partial charge in [-0.25, -0.2) is 17.5 Å². The molecule has 0 heterocycles. The Morgan fingerprint density at radius 1 is 1.44 bits per heavy atom. The lowest BCUT2D eigenvalue weighted by atomic mass is 10.2. The van der Waals surface area contributed by atoms with Crippen LogP contribution in [0, 0.1) is 11.2 Å². The molecule has 1 saturated carbocycles. The molecule has 1 aliphatic carbocycles. The zero-order valence-electron chi connectivity index (χ0n) is 10.2. The molecule has 3 N–H and O–H groups in total. The Hall–Kier alpha value is -0.980. The number of nitrogens with two attached hydrogens (primary N) is 1. The number of sulfonamides is 1. The van der Waals surface area contributed by atoms with Gasteiger partial charge in [-0.3, -0.25) is 0 Å². The number of hydrogen-bond donors (Lipinski definition) is 2. The summed E-state index contributed by atoms with van der Waals surface area (Å²) in [6.07, 6.45) is 2.01. The monoisotopic (exact) mass is 272 g/mol. The fraction of sp³-hybridized carbons (Fsp3) is 0.500. The van der Waals surface area contributed by atoms with Gasteiger partial charge in [0.05, 0.1) is 0 Å². The zero-order valence-corrected chi connectivity index (χ0v) is 11.1. The molecule has 1 aromatic rings. The van der Waals surface area contributed by atoms with E-state index in [-0.39, 0.29) is 16.9 Å². The summed E-state index contributed by atoms with van der Waals surface area (Å²) >= 11 is 0. The summed E-state index contributed by atoms with van der Waals surface area (Å²) in [6.45, 7) is 2.54. The van der Waals surface area contributed by atoms with Crippen molar-refractivity contribution in [2.45, 2.75) is 31.2 Å². The Morgan fingerprint density at radius 2 is 2.11 bits per heavy atom. The Balaban J connectivity index is 2.18. The Morgan fingerprint density at radius 3 is 2.61 bits per heavy atom. The number of benzene rings is 1. The molecule has 2 rings (SSSR count). The molecule has 1 aromatic carbocycles. The summed E-state index contributed by atoms with van der Waals surface area (Å²) in [6, 6.07) is 3.94. The minimum absolute atomic E-state index is 0.0424. The van der Waals surface area contributed by atoms with Crippen molar-refractivity contribution < 1.29 is 12.8 Å². The van der Waals surface area contributed by atoms with Crippen LogP contribution in [0.4, 0.5) is 4.39 Å². The van der Waals surface area contributed by atoms with E-state index in [2.05, 4.69) is 4.72 Å². The van der Waals surface area contributed by atoms with Crippen molar-refractivity contribution >= 4 is 10.0 Å². The molecule has 4 nitrogen and oxygen atoms in total. The number of halogens is 1. The molecule has 100 valence electrons. The van der Waals surface area contributed by atoms with E-state index in [9.17, 15) is 12.8 Å². The van der Waals surface area contributed by atoms with Crippen molar-refractivity contribution in [1.82, 2.24) is 4.72 Å². The van der Waals surface area contributed by atoms with Crippen LogP contribution >= 0.6 is 0 Å². The summed E-state index contributed by atoms with van der Waals surface area (Å²) in [4.78, 5) is -0.316. The van der Waals surface area contributed by atoms with Crippen LogP contribution in [-0.4, -0.2) is 15.0 Å². The van der Waals surface area contributed by atoms with E-state index in [1.807, 2.05) is 6.92 Å². The molecule has 18 heavy (non-hydrogen) atoms. The molecule has 0 atom stereocenters. The third-order valence-electron chi connectivity index (χ3n) is 3.31. The van der Waals surface area contributed by atoms with Gasteiger partial charge in [-0.05, 0) is 36.0 Å². The molecule has 1 fully saturated rings. The van der Waals surface area contributed by atoms with E-state index in [1.54, 1.807) is 0 Å². The highest BCUT2D eigenvalue weighted by atomic mass is 32.2. The largest absolute Gasteiger partial charge is 0.326 e. The minimum atomic E-state index is -3.77. The van der Waals surface area contributed by atoms with E-state index < -0.39 is 15.8 Å². The van der Waals surface area contributed by atoms with Gasteiger partial charge in [-0.1, -0.05) is 13.0 Å². The van der Waals surface area contributed by atoms with E-state index in [4.69, 9.17) is 5.73 Å². The molecule has 6 heteroatoms. The molecule has 0 amide bonds. The summed E-state index contributed by atoms with van der Waals surface area (Å²) in [5, 5.41) is 0. The van der Waals surface area contributed by atoms with Crippen molar-refractivity contribution in [2.75, 3.05) is 6.54 Å². The molecule has 0 saturated heterocycles. The Bertz CT molecular complexity index is 553. The second-order valence-electron chi connectivity index (χ2n) is 5.10. The van der Waals surface area contributed by atoms with Crippen LogP contribution in [0.3, 0.4) is 0 Å². The normalized spacial score (nSPS) is 17.7. The van der Waals surface area contributed by atoms with Crippen molar-refractivity contribution in [1.29, 1.82) is 0 Å². The molecule has 1 aliphatic rings. The van der Waals surface area contributed by atoms with Crippen LogP contribution in [-0.2, 0) is 16.6 Å². The average Bonchev–Trinajstić information content (AvgIpc) is 3.05. The van der Waals surface area contributed by atoms with Crippen molar-refractivity contribution in [3.63, 3.8) is 0 Å². The predicted octanol–water partition coefficient (Wildman–Crippen LogP) is 1.36. The van der Waals surface area contributed by atoms with Gasteiger partial charge in [0.25, 0.3) is 0 Å². The number of nitrogens with one attached hydrogen (secondary N) is 1. The van der Waals surface area contributed by atoms with Crippen LogP contribution in [0.5, 0.6) is 0 Å². The SMILES string of the molecule is CC1(CNS(=O)(=O)c2ccc(CN)cc2F)CC1. The van der Waals surface area contributed by atoms with Gasteiger partial charge in [-0.15, -0.1) is 0 Å². The van der Waals surface area contributed by atoms with Gasteiger partial charge < -0.3 is 5.73 Å². The summed E-state index contributed by atoms with van der Waals surface area (Å²) in [5.41, 5.74) is 5.98. The van der Waals surface area contributed by atoms with Crippen LogP contribution in [0.15, 0.2) is 23.1 Å². The fourth-order valence-corrected chi connectivity index (χ4v) is 2.88. The smallest absolute Gasteiger partial charge is 0.243 e. The Labute approximate surface area is 106 Å². The average molecular weight is 272 g/mol. The van der Waals surface area contributed by atoms with E-state index in [1.165, 1.54) is 12.1 Å². The molecule has 0 spiro atoms. The first-order valence-electron chi connectivity index (χ1n) is 5.84. The quantitative estimate of drug-likeness (QED) is 0.850. The molecule has 0 aromatic heterocycles. The fourth-order valence-electron chi connectivity index (χ4n) is 1.63. The van der Waals surface area contributed by atoms with Gasteiger partial charge in [0.1, 0.15) is 10.7 Å². The van der Waals surface area contributed by atoms with E-state index in [0.717, 1.165) is 18.9 Å². The Kier molecular flexibility index (Phi) is 3.44. The predicted molar refractivity (Wildman–Crippen MR) is 66.8 cm³/mol. The maximum absolute atomic E-state index is 13.7. The van der Waals surface area contributed by atoms with Crippen LogP contribution in [0.1, 0.15) is 25.3 Å². The molecular weight excluding hydrogens is 255 g/mol. The highest BCUT2D eigenvalue weighted by molar-refractivity contribution is 7.89.